The summed E-state index contributed by atoms with van der Waals surface area (Å²) in [4.78, 5) is 14.5. The molecule has 1 saturated carbocycles. The molecular weight excluding hydrogens is 375 g/mol. The largest absolute Gasteiger partial charge is 0.323 e. The van der Waals surface area contributed by atoms with Gasteiger partial charge < -0.3 is 5.32 Å². The predicted octanol–water partition coefficient (Wildman–Crippen LogP) is 4.09. The van der Waals surface area contributed by atoms with Crippen LogP contribution in [0.2, 0.25) is 5.02 Å². The number of benzene rings is 2. The van der Waals surface area contributed by atoms with Crippen LogP contribution in [0.3, 0.4) is 0 Å². The molecule has 1 aliphatic rings. The van der Waals surface area contributed by atoms with E-state index in [2.05, 4.69) is 14.1 Å². The highest BCUT2D eigenvalue weighted by atomic mass is 35.5. The van der Waals surface area contributed by atoms with E-state index in [4.69, 9.17) is 11.6 Å². The minimum atomic E-state index is -0.345. The van der Waals surface area contributed by atoms with Crippen molar-refractivity contribution >= 4 is 46.0 Å². The van der Waals surface area contributed by atoms with Crippen LogP contribution in [0, 0.1) is 5.82 Å². The topological polar surface area (TPSA) is 58.1 Å². The van der Waals surface area contributed by atoms with Gasteiger partial charge in [-0.1, -0.05) is 23.7 Å². The number of rotatable bonds is 6. The summed E-state index contributed by atoms with van der Waals surface area (Å²) < 4.78 is 22.5. The maximum Gasteiger partial charge on any atom is 0.238 e. The molecule has 2 aromatic carbocycles. The third kappa shape index (κ3) is 3.70. The zero-order chi connectivity index (χ0) is 18.1. The van der Waals surface area contributed by atoms with Crippen molar-refractivity contribution in [1.29, 1.82) is 0 Å². The maximum absolute atomic E-state index is 14.1. The highest BCUT2D eigenvalue weighted by Gasteiger charge is 2.31. The number of nitrogens with one attached hydrogen (secondary N) is 1. The van der Waals surface area contributed by atoms with Crippen LogP contribution < -0.4 is 5.32 Å². The molecule has 8 heteroatoms. The number of hydrogen-bond acceptors (Lipinski definition) is 5. The summed E-state index contributed by atoms with van der Waals surface area (Å²) in [7, 11) is 0. The number of anilines is 1. The summed E-state index contributed by atoms with van der Waals surface area (Å²) in [6.45, 7) is 0.481. The second-order valence-electron chi connectivity index (χ2n) is 6.32. The van der Waals surface area contributed by atoms with Crippen molar-refractivity contribution in [2.24, 2.45) is 0 Å². The van der Waals surface area contributed by atoms with Crippen LogP contribution in [0.1, 0.15) is 18.4 Å². The smallest absolute Gasteiger partial charge is 0.238 e. The minimum Gasteiger partial charge on any atom is -0.323 e. The molecule has 1 aliphatic carbocycles. The first kappa shape index (κ1) is 17.3. The van der Waals surface area contributed by atoms with Gasteiger partial charge in [0.15, 0.2) is 0 Å². The van der Waals surface area contributed by atoms with Gasteiger partial charge in [-0.25, -0.2) is 4.39 Å². The SMILES string of the molecule is O=C(CN(Cc1c(F)cccc1Cl)C1CC1)Nc1cccc2nsnc12. The normalized spacial score (nSPS) is 14.1. The lowest BCUT2D eigenvalue weighted by molar-refractivity contribution is -0.117. The van der Waals surface area contributed by atoms with Crippen molar-refractivity contribution in [2.75, 3.05) is 11.9 Å². The number of halogens is 2. The van der Waals surface area contributed by atoms with Crippen LogP contribution in [0.5, 0.6) is 0 Å². The molecule has 0 aliphatic heterocycles. The monoisotopic (exact) mass is 390 g/mol. The Balaban J connectivity index is 1.48. The fourth-order valence-electron chi connectivity index (χ4n) is 2.92. The van der Waals surface area contributed by atoms with Crippen molar-refractivity contribution in [1.82, 2.24) is 13.6 Å². The Hall–Kier alpha value is -2.09. The first-order valence-electron chi connectivity index (χ1n) is 8.30. The van der Waals surface area contributed by atoms with E-state index >= 15 is 0 Å². The Kier molecular flexibility index (Phi) is 4.84. The highest BCUT2D eigenvalue weighted by Crippen LogP contribution is 2.30. The van der Waals surface area contributed by atoms with E-state index in [1.807, 2.05) is 17.0 Å². The van der Waals surface area contributed by atoms with Crippen molar-refractivity contribution in [3.8, 4) is 0 Å². The molecule has 1 fully saturated rings. The van der Waals surface area contributed by atoms with Crippen LogP contribution in [-0.4, -0.2) is 32.1 Å². The van der Waals surface area contributed by atoms with Crippen molar-refractivity contribution < 1.29 is 9.18 Å². The molecule has 5 nitrogen and oxygen atoms in total. The van der Waals surface area contributed by atoms with Gasteiger partial charge in [-0.2, -0.15) is 8.75 Å². The number of hydrogen-bond donors (Lipinski definition) is 1. The number of amides is 1. The van der Waals surface area contributed by atoms with Crippen LogP contribution in [0.15, 0.2) is 36.4 Å². The summed E-state index contributed by atoms with van der Waals surface area (Å²) in [6, 6.07) is 10.4. The van der Waals surface area contributed by atoms with E-state index in [1.54, 1.807) is 18.2 Å². The molecule has 0 spiro atoms. The Morgan fingerprint density at radius 2 is 2.08 bits per heavy atom. The highest BCUT2D eigenvalue weighted by molar-refractivity contribution is 7.00. The first-order chi connectivity index (χ1) is 12.6. The number of aromatic nitrogens is 2. The first-order valence-corrected chi connectivity index (χ1v) is 9.41. The van der Waals surface area contributed by atoms with Gasteiger partial charge in [0.25, 0.3) is 0 Å². The Labute approximate surface area is 159 Å². The lowest BCUT2D eigenvalue weighted by atomic mass is 10.2. The molecule has 1 amide bonds. The van der Waals surface area contributed by atoms with Gasteiger partial charge in [-0.3, -0.25) is 9.69 Å². The second kappa shape index (κ2) is 7.26. The molecule has 1 heterocycles. The van der Waals surface area contributed by atoms with Gasteiger partial charge in [-0.15, -0.1) is 0 Å². The molecule has 0 unspecified atom stereocenters. The molecule has 1 aromatic heterocycles. The Bertz CT molecular complexity index is 939. The van der Waals surface area contributed by atoms with Crippen molar-refractivity contribution in [3.05, 3.63) is 52.8 Å². The van der Waals surface area contributed by atoms with Gasteiger partial charge in [0.2, 0.25) is 5.91 Å². The minimum absolute atomic E-state index is 0.162. The summed E-state index contributed by atoms with van der Waals surface area (Å²) in [5.41, 5.74) is 2.51. The maximum atomic E-state index is 14.1. The van der Waals surface area contributed by atoms with E-state index < -0.39 is 0 Å². The van der Waals surface area contributed by atoms with Gasteiger partial charge in [0, 0.05) is 23.2 Å². The van der Waals surface area contributed by atoms with Crippen molar-refractivity contribution in [3.63, 3.8) is 0 Å². The Morgan fingerprint density at radius 1 is 1.27 bits per heavy atom. The van der Waals surface area contributed by atoms with Crippen LogP contribution in [0.4, 0.5) is 10.1 Å². The number of nitrogens with zero attached hydrogens (tertiary/aromatic N) is 3. The van der Waals surface area contributed by atoms with Gasteiger partial charge in [-0.05, 0) is 37.1 Å². The molecule has 3 aromatic rings. The molecule has 0 bridgehead atoms. The fourth-order valence-corrected chi connectivity index (χ4v) is 3.69. The second-order valence-corrected chi connectivity index (χ2v) is 7.26. The van der Waals surface area contributed by atoms with E-state index in [1.165, 1.54) is 6.07 Å². The van der Waals surface area contributed by atoms with E-state index in [0.717, 1.165) is 30.1 Å². The summed E-state index contributed by atoms with van der Waals surface area (Å²) in [5, 5.41) is 3.28. The zero-order valence-electron chi connectivity index (χ0n) is 13.8. The average molecular weight is 391 g/mol. The summed E-state index contributed by atoms with van der Waals surface area (Å²) in [6.07, 6.45) is 2.01. The predicted molar refractivity (Wildman–Crippen MR) is 101 cm³/mol. The molecule has 26 heavy (non-hydrogen) atoms. The van der Waals surface area contributed by atoms with Gasteiger partial charge in [0.1, 0.15) is 16.9 Å². The van der Waals surface area contributed by atoms with E-state index in [-0.39, 0.29) is 24.3 Å². The zero-order valence-corrected chi connectivity index (χ0v) is 15.4. The fraction of sp³-hybridized carbons (Fsp3) is 0.278. The molecule has 134 valence electrons. The summed E-state index contributed by atoms with van der Waals surface area (Å²) >= 11 is 7.25. The molecule has 0 saturated heterocycles. The number of carbonyl (C=O) groups is 1. The number of fused-ring (bicyclic) bond motifs is 1. The van der Waals surface area contributed by atoms with Crippen LogP contribution in [-0.2, 0) is 11.3 Å². The van der Waals surface area contributed by atoms with Crippen LogP contribution in [0.25, 0.3) is 11.0 Å². The third-order valence-electron chi connectivity index (χ3n) is 4.39. The van der Waals surface area contributed by atoms with Crippen LogP contribution >= 0.6 is 23.3 Å². The lowest BCUT2D eigenvalue weighted by Gasteiger charge is -2.22. The summed E-state index contributed by atoms with van der Waals surface area (Å²) in [5.74, 6) is -0.508. The van der Waals surface area contributed by atoms with Gasteiger partial charge in [0.05, 0.1) is 24.0 Å². The van der Waals surface area contributed by atoms with Crippen molar-refractivity contribution in [2.45, 2.75) is 25.4 Å². The molecular formula is C18H16ClFN4OS. The quantitative estimate of drug-likeness (QED) is 0.688. The van der Waals surface area contributed by atoms with E-state index in [0.29, 0.717) is 28.3 Å². The van der Waals surface area contributed by atoms with Gasteiger partial charge >= 0.3 is 0 Å². The average Bonchev–Trinajstić information content (AvgIpc) is 3.34. The standard InChI is InChI=1S/C18H16ClFN4OS/c19-13-3-1-4-14(20)12(13)9-24(11-7-8-11)10-17(25)21-15-5-2-6-16-18(15)23-26-22-16/h1-6,11H,7-10H2,(H,21,25). The third-order valence-corrected chi connectivity index (χ3v) is 5.29. The lowest BCUT2D eigenvalue weighted by Crippen LogP contribution is -2.34. The molecule has 4 rings (SSSR count). The Morgan fingerprint density at radius 3 is 2.85 bits per heavy atom. The molecule has 1 N–H and O–H groups in total. The number of carbonyl (C=O) groups excluding carboxylic acids is 1. The van der Waals surface area contributed by atoms with E-state index in [9.17, 15) is 9.18 Å². The molecule has 0 radical (unpaired) electrons. The molecule has 0 atom stereocenters.